The van der Waals surface area contributed by atoms with Gasteiger partial charge in [0.2, 0.25) is 0 Å². The molecule has 2 heterocycles. The second-order valence-electron chi connectivity index (χ2n) is 7.98. The van der Waals surface area contributed by atoms with Crippen LogP contribution in [0.15, 0.2) is 18.2 Å². The van der Waals surface area contributed by atoms with Crippen molar-refractivity contribution in [3.63, 3.8) is 0 Å². The summed E-state index contributed by atoms with van der Waals surface area (Å²) < 4.78 is 44.8. The summed E-state index contributed by atoms with van der Waals surface area (Å²) >= 11 is 0. The standard InChI is InChI=1S/C22H26F3N3O2/c1-2-28-9-10-30-15(13-28)12-19-16-5-3-4-6-17(16)21(27-26-19)18-8-7-14(11-20(18)29)22(23,24)25/h7-8,11,15,29H,2-6,9-10,12-13H2,1H3/t15-/m1/s1. The number of fused-ring (bicyclic) bond motifs is 1. The molecule has 1 aromatic heterocycles. The van der Waals surface area contributed by atoms with Crippen molar-refractivity contribution >= 4 is 0 Å². The number of ether oxygens (including phenoxy) is 1. The maximum absolute atomic E-state index is 12.9. The molecular formula is C22H26F3N3O2. The Labute approximate surface area is 173 Å². The van der Waals surface area contributed by atoms with Gasteiger partial charge in [-0.05, 0) is 61.6 Å². The molecular weight excluding hydrogens is 395 g/mol. The van der Waals surface area contributed by atoms with E-state index >= 15 is 0 Å². The van der Waals surface area contributed by atoms with Crippen molar-refractivity contribution in [1.29, 1.82) is 0 Å². The number of aromatic hydroxyl groups is 1. The molecule has 1 atom stereocenters. The average Bonchev–Trinajstić information content (AvgIpc) is 2.74. The monoisotopic (exact) mass is 421 g/mol. The number of halogens is 3. The van der Waals surface area contributed by atoms with E-state index in [0.717, 1.165) is 74.3 Å². The number of phenols is 1. The fourth-order valence-corrected chi connectivity index (χ4v) is 4.41. The van der Waals surface area contributed by atoms with Crippen LogP contribution in [0.4, 0.5) is 13.2 Å². The summed E-state index contributed by atoms with van der Waals surface area (Å²) in [4.78, 5) is 2.35. The van der Waals surface area contributed by atoms with Gasteiger partial charge in [-0.2, -0.15) is 18.3 Å². The highest BCUT2D eigenvalue weighted by atomic mass is 19.4. The molecule has 1 fully saturated rings. The van der Waals surface area contributed by atoms with Crippen LogP contribution in [-0.4, -0.2) is 52.5 Å². The lowest BCUT2D eigenvalue weighted by atomic mass is 9.86. The SMILES string of the molecule is CCN1CCO[C@H](Cc2nnc(-c3ccc(C(F)(F)F)cc3O)c3c2CCCC3)C1. The van der Waals surface area contributed by atoms with Gasteiger partial charge >= 0.3 is 6.18 Å². The minimum Gasteiger partial charge on any atom is -0.507 e. The van der Waals surface area contributed by atoms with E-state index in [1.165, 1.54) is 6.07 Å². The summed E-state index contributed by atoms with van der Waals surface area (Å²) in [6, 6.07) is 3.03. The maximum atomic E-state index is 12.9. The van der Waals surface area contributed by atoms with Gasteiger partial charge in [-0.1, -0.05) is 6.92 Å². The molecule has 0 bridgehead atoms. The third-order valence-corrected chi connectivity index (χ3v) is 6.04. The van der Waals surface area contributed by atoms with Crippen LogP contribution in [0.1, 0.15) is 42.1 Å². The van der Waals surface area contributed by atoms with Crippen LogP contribution < -0.4 is 0 Å². The predicted molar refractivity (Wildman–Crippen MR) is 106 cm³/mol. The fourth-order valence-electron chi connectivity index (χ4n) is 4.41. The molecule has 1 saturated heterocycles. The van der Waals surface area contributed by atoms with Crippen molar-refractivity contribution in [3.05, 3.63) is 40.6 Å². The van der Waals surface area contributed by atoms with E-state index in [4.69, 9.17) is 4.74 Å². The number of alkyl halides is 3. The molecule has 30 heavy (non-hydrogen) atoms. The van der Waals surface area contributed by atoms with Gasteiger partial charge in [0.25, 0.3) is 0 Å². The third-order valence-electron chi connectivity index (χ3n) is 6.04. The molecule has 2 aromatic rings. The summed E-state index contributed by atoms with van der Waals surface area (Å²) in [6.45, 7) is 5.61. The molecule has 2 aliphatic rings. The second kappa shape index (κ2) is 8.51. The van der Waals surface area contributed by atoms with Crippen molar-refractivity contribution in [1.82, 2.24) is 15.1 Å². The number of benzene rings is 1. The summed E-state index contributed by atoms with van der Waals surface area (Å²) in [7, 11) is 0. The fraction of sp³-hybridized carbons (Fsp3) is 0.545. The van der Waals surface area contributed by atoms with Crippen LogP contribution >= 0.6 is 0 Å². The van der Waals surface area contributed by atoms with Crippen LogP contribution in [-0.2, 0) is 30.2 Å². The van der Waals surface area contributed by atoms with Crippen molar-refractivity contribution in [2.24, 2.45) is 0 Å². The van der Waals surface area contributed by atoms with E-state index in [1.54, 1.807) is 0 Å². The molecule has 5 nitrogen and oxygen atoms in total. The van der Waals surface area contributed by atoms with E-state index in [0.29, 0.717) is 24.3 Å². The largest absolute Gasteiger partial charge is 0.507 e. The molecule has 1 N–H and O–H groups in total. The van der Waals surface area contributed by atoms with Crippen molar-refractivity contribution in [3.8, 4) is 17.0 Å². The highest BCUT2D eigenvalue weighted by Crippen LogP contribution is 2.39. The predicted octanol–water partition coefficient (Wildman–Crippen LogP) is 4.01. The Morgan fingerprint density at radius 2 is 1.93 bits per heavy atom. The molecule has 0 unspecified atom stereocenters. The van der Waals surface area contributed by atoms with E-state index < -0.39 is 17.5 Å². The van der Waals surface area contributed by atoms with Crippen LogP contribution in [0.25, 0.3) is 11.3 Å². The van der Waals surface area contributed by atoms with Gasteiger partial charge in [-0.3, -0.25) is 4.90 Å². The molecule has 0 saturated carbocycles. The number of likely N-dealkylation sites (N-methyl/N-ethyl adjacent to an activating group) is 1. The zero-order valence-corrected chi connectivity index (χ0v) is 17.0. The first-order chi connectivity index (χ1) is 14.4. The van der Waals surface area contributed by atoms with Gasteiger partial charge in [0.15, 0.2) is 0 Å². The lowest BCUT2D eigenvalue weighted by Gasteiger charge is -2.32. The van der Waals surface area contributed by atoms with E-state index in [-0.39, 0.29) is 6.10 Å². The minimum atomic E-state index is -4.50. The van der Waals surface area contributed by atoms with Gasteiger partial charge < -0.3 is 9.84 Å². The van der Waals surface area contributed by atoms with Gasteiger partial charge in [0.1, 0.15) is 11.4 Å². The number of hydrogen-bond donors (Lipinski definition) is 1. The lowest BCUT2D eigenvalue weighted by Crippen LogP contribution is -2.43. The Morgan fingerprint density at radius 1 is 1.17 bits per heavy atom. The normalized spacial score (nSPS) is 20.2. The summed E-state index contributed by atoms with van der Waals surface area (Å²) in [6.07, 6.45) is -0.113. The zero-order chi connectivity index (χ0) is 21.3. The number of aromatic nitrogens is 2. The van der Waals surface area contributed by atoms with Crippen molar-refractivity contribution < 1.29 is 23.0 Å². The quantitative estimate of drug-likeness (QED) is 0.809. The number of phenolic OH excluding ortho intramolecular Hbond substituents is 1. The van der Waals surface area contributed by atoms with E-state index in [9.17, 15) is 18.3 Å². The minimum absolute atomic E-state index is 0.0596. The lowest BCUT2D eigenvalue weighted by molar-refractivity contribution is -0.137. The first-order valence-corrected chi connectivity index (χ1v) is 10.5. The molecule has 162 valence electrons. The Bertz CT molecular complexity index is 917. The number of nitrogens with zero attached hydrogens (tertiary/aromatic N) is 3. The molecule has 1 aromatic carbocycles. The van der Waals surface area contributed by atoms with Crippen LogP contribution in [0, 0.1) is 0 Å². The maximum Gasteiger partial charge on any atom is 0.416 e. The highest BCUT2D eigenvalue weighted by molar-refractivity contribution is 5.71. The third kappa shape index (κ3) is 4.30. The van der Waals surface area contributed by atoms with Gasteiger partial charge in [-0.15, -0.1) is 5.10 Å². The first-order valence-electron chi connectivity index (χ1n) is 10.5. The van der Waals surface area contributed by atoms with E-state index in [2.05, 4.69) is 22.0 Å². The van der Waals surface area contributed by atoms with Crippen LogP contribution in [0.3, 0.4) is 0 Å². The molecule has 1 aliphatic heterocycles. The van der Waals surface area contributed by atoms with E-state index in [1.807, 2.05) is 0 Å². The first kappa shape index (κ1) is 21.1. The Morgan fingerprint density at radius 3 is 2.63 bits per heavy atom. The Balaban J connectivity index is 1.67. The zero-order valence-electron chi connectivity index (χ0n) is 17.0. The molecule has 8 heteroatoms. The second-order valence-corrected chi connectivity index (χ2v) is 7.98. The summed E-state index contributed by atoms with van der Waals surface area (Å²) in [5, 5.41) is 19.1. The molecule has 4 rings (SSSR count). The Kier molecular flexibility index (Phi) is 5.97. The molecule has 0 radical (unpaired) electrons. The highest BCUT2D eigenvalue weighted by Gasteiger charge is 2.32. The van der Waals surface area contributed by atoms with Crippen LogP contribution in [0.5, 0.6) is 5.75 Å². The average molecular weight is 421 g/mol. The van der Waals surface area contributed by atoms with Gasteiger partial charge in [-0.25, -0.2) is 0 Å². The summed E-state index contributed by atoms with van der Waals surface area (Å²) in [5.41, 5.74) is 2.91. The van der Waals surface area contributed by atoms with Crippen molar-refractivity contribution in [2.45, 2.75) is 51.3 Å². The van der Waals surface area contributed by atoms with Crippen molar-refractivity contribution in [2.75, 3.05) is 26.2 Å². The topological polar surface area (TPSA) is 58.5 Å². The smallest absolute Gasteiger partial charge is 0.416 e. The number of morpholine rings is 1. The number of hydrogen-bond acceptors (Lipinski definition) is 5. The van der Waals surface area contributed by atoms with Crippen LogP contribution in [0.2, 0.25) is 0 Å². The summed E-state index contributed by atoms with van der Waals surface area (Å²) in [5.74, 6) is -0.422. The van der Waals surface area contributed by atoms with Gasteiger partial charge in [0.05, 0.1) is 24.0 Å². The molecule has 1 aliphatic carbocycles. The molecule has 0 amide bonds. The Hall–Kier alpha value is -2.19. The number of rotatable bonds is 4. The van der Waals surface area contributed by atoms with Gasteiger partial charge in [0, 0.05) is 25.1 Å². The molecule has 0 spiro atoms.